The molecule has 0 radical (unpaired) electrons. The molecule has 4 aromatic rings. The number of benzene rings is 4. The predicted octanol–water partition coefficient (Wildman–Crippen LogP) is 7.10. The van der Waals surface area contributed by atoms with Crippen LogP contribution < -0.4 is 14.4 Å². The fourth-order valence-corrected chi connectivity index (χ4v) is 5.83. The fraction of sp³-hybridized carbons (Fsp3) is 0.212. The average molecular weight is 605 g/mol. The molecule has 0 aliphatic heterocycles. The Morgan fingerprint density at radius 1 is 0.857 bits per heavy atom. The molecule has 0 atom stereocenters. The molecule has 1 N–H and O–H groups in total. The van der Waals surface area contributed by atoms with Crippen molar-refractivity contribution in [3.05, 3.63) is 119 Å². The van der Waals surface area contributed by atoms with E-state index in [-0.39, 0.29) is 21.8 Å². The molecule has 42 heavy (non-hydrogen) atoms. The van der Waals surface area contributed by atoms with Crippen molar-refractivity contribution >= 4 is 44.7 Å². The number of nitrogens with zero attached hydrogens (tertiary/aromatic N) is 1. The van der Waals surface area contributed by atoms with E-state index in [9.17, 15) is 18.0 Å². The molecule has 9 heteroatoms. The van der Waals surface area contributed by atoms with Crippen LogP contribution in [0.25, 0.3) is 0 Å². The molecule has 0 spiro atoms. The van der Waals surface area contributed by atoms with Gasteiger partial charge in [-0.05, 0) is 78.6 Å². The van der Waals surface area contributed by atoms with Gasteiger partial charge in [0, 0.05) is 21.8 Å². The summed E-state index contributed by atoms with van der Waals surface area (Å²) in [6.07, 6.45) is 0. The summed E-state index contributed by atoms with van der Waals surface area (Å²) in [5, 5.41) is 3.13. The van der Waals surface area contributed by atoms with Crippen LogP contribution in [-0.4, -0.2) is 33.3 Å². The van der Waals surface area contributed by atoms with Crippen LogP contribution in [0.1, 0.15) is 49.2 Å². The van der Waals surface area contributed by atoms with E-state index in [0.29, 0.717) is 34.2 Å². The van der Waals surface area contributed by atoms with Crippen LogP contribution in [0.2, 0.25) is 5.02 Å². The lowest BCUT2D eigenvalue weighted by atomic mass is 9.86. The zero-order valence-electron chi connectivity index (χ0n) is 23.9. The van der Waals surface area contributed by atoms with Gasteiger partial charge in [0.15, 0.2) is 5.78 Å². The number of hydrogen-bond acceptors (Lipinski definition) is 5. The molecule has 0 heterocycles. The van der Waals surface area contributed by atoms with Crippen LogP contribution in [0.5, 0.6) is 5.75 Å². The Morgan fingerprint density at radius 2 is 1.50 bits per heavy atom. The molecule has 4 rings (SSSR count). The number of ether oxygens (including phenoxy) is 1. The molecule has 0 aromatic heterocycles. The summed E-state index contributed by atoms with van der Waals surface area (Å²) in [5.74, 6) is -0.197. The first-order valence-electron chi connectivity index (χ1n) is 13.4. The molecule has 0 saturated heterocycles. The van der Waals surface area contributed by atoms with Gasteiger partial charge < -0.3 is 10.1 Å². The van der Waals surface area contributed by atoms with Gasteiger partial charge in [0.1, 0.15) is 12.3 Å². The minimum absolute atomic E-state index is 0.0151. The van der Waals surface area contributed by atoms with Gasteiger partial charge >= 0.3 is 0 Å². The number of halogens is 1. The topological polar surface area (TPSA) is 92.8 Å². The Hall–Kier alpha value is -4.14. The second-order valence-corrected chi connectivity index (χ2v) is 13.0. The number of rotatable bonds is 10. The second-order valence-electron chi connectivity index (χ2n) is 10.7. The normalized spacial score (nSPS) is 11.5. The molecule has 0 aliphatic carbocycles. The van der Waals surface area contributed by atoms with Crippen molar-refractivity contribution in [1.82, 2.24) is 0 Å². The Balaban J connectivity index is 1.57. The first kappa shape index (κ1) is 30.8. The number of nitrogens with one attached hydrogen (secondary N) is 1. The number of ketones is 1. The van der Waals surface area contributed by atoms with Crippen molar-refractivity contribution < 1.29 is 22.7 Å². The van der Waals surface area contributed by atoms with Crippen molar-refractivity contribution in [3.63, 3.8) is 0 Å². The third-order valence-electron chi connectivity index (χ3n) is 6.55. The SMILES string of the molecule is CCOc1ccc(N(CC(=O)Nc2cccc(C(=O)c3ccc(C(C)(C)C)cc3)c2)S(=O)(=O)c2ccc(Cl)cc2)cc1. The maximum atomic E-state index is 13.7. The highest BCUT2D eigenvalue weighted by atomic mass is 35.5. The molecular weight excluding hydrogens is 572 g/mol. The number of anilines is 2. The van der Waals surface area contributed by atoms with Gasteiger partial charge in [-0.1, -0.05) is 68.8 Å². The summed E-state index contributed by atoms with van der Waals surface area (Å²) in [6, 6.07) is 26.2. The van der Waals surface area contributed by atoms with E-state index in [1.54, 1.807) is 60.7 Å². The number of sulfonamides is 1. The van der Waals surface area contributed by atoms with Crippen LogP contribution in [0.15, 0.2) is 102 Å². The highest BCUT2D eigenvalue weighted by molar-refractivity contribution is 7.92. The van der Waals surface area contributed by atoms with Crippen molar-refractivity contribution in [3.8, 4) is 5.75 Å². The van der Waals surface area contributed by atoms with Gasteiger partial charge in [-0.25, -0.2) is 8.42 Å². The monoisotopic (exact) mass is 604 g/mol. The molecular formula is C33H33ClN2O5S. The first-order valence-corrected chi connectivity index (χ1v) is 15.3. The fourth-order valence-electron chi connectivity index (χ4n) is 4.28. The number of hydrogen-bond donors (Lipinski definition) is 1. The summed E-state index contributed by atoms with van der Waals surface area (Å²) in [4.78, 5) is 26.4. The van der Waals surface area contributed by atoms with E-state index < -0.39 is 22.5 Å². The number of carbonyl (C=O) groups excluding carboxylic acids is 2. The molecule has 0 fully saturated rings. The minimum atomic E-state index is -4.14. The van der Waals surface area contributed by atoms with Gasteiger partial charge in [0.05, 0.1) is 17.2 Å². The van der Waals surface area contributed by atoms with Crippen molar-refractivity contribution in [2.45, 2.75) is 38.0 Å². The average Bonchev–Trinajstić information content (AvgIpc) is 2.96. The summed E-state index contributed by atoms with van der Waals surface area (Å²) in [6.45, 7) is 8.11. The lowest BCUT2D eigenvalue weighted by Crippen LogP contribution is -2.38. The lowest BCUT2D eigenvalue weighted by molar-refractivity contribution is -0.114. The van der Waals surface area contributed by atoms with Crippen LogP contribution in [0, 0.1) is 0 Å². The van der Waals surface area contributed by atoms with Gasteiger partial charge in [0.25, 0.3) is 10.0 Å². The Morgan fingerprint density at radius 3 is 2.10 bits per heavy atom. The highest BCUT2D eigenvalue weighted by Crippen LogP contribution is 2.27. The van der Waals surface area contributed by atoms with Crippen molar-refractivity contribution in [2.75, 3.05) is 22.8 Å². The van der Waals surface area contributed by atoms with Crippen LogP contribution in [0.3, 0.4) is 0 Å². The Bertz CT molecular complexity index is 1660. The molecule has 0 unspecified atom stereocenters. The summed E-state index contributed by atoms with van der Waals surface area (Å²) in [5.41, 5.74) is 2.66. The van der Waals surface area contributed by atoms with E-state index in [1.165, 1.54) is 24.3 Å². The van der Waals surface area contributed by atoms with Gasteiger partial charge in [-0.3, -0.25) is 13.9 Å². The van der Waals surface area contributed by atoms with Gasteiger partial charge in [-0.15, -0.1) is 0 Å². The van der Waals surface area contributed by atoms with Gasteiger partial charge in [0.2, 0.25) is 5.91 Å². The molecule has 1 amide bonds. The van der Waals surface area contributed by atoms with E-state index in [2.05, 4.69) is 26.1 Å². The van der Waals surface area contributed by atoms with Crippen LogP contribution in [0.4, 0.5) is 11.4 Å². The highest BCUT2D eigenvalue weighted by Gasteiger charge is 2.27. The predicted molar refractivity (Wildman–Crippen MR) is 167 cm³/mol. The Labute approximate surface area is 252 Å². The molecule has 0 aliphatic rings. The van der Waals surface area contributed by atoms with E-state index >= 15 is 0 Å². The number of carbonyl (C=O) groups is 2. The largest absolute Gasteiger partial charge is 0.494 e. The minimum Gasteiger partial charge on any atom is -0.494 e. The zero-order chi connectivity index (χ0) is 30.5. The lowest BCUT2D eigenvalue weighted by Gasteiger charge is -2.24. The van der Waals surface area contributed by atoms with Crippen LogP contribution >= 0.6 is 11.6 Å². The molecule has 0 bridgehead atoms. The van der Waals surface area contributed by atoms with Gasteiger partial charge in [-0.2, -0.15) is 0 Å². The van der Waals surface area contributed by atoms with E-state index in [4.69, 9.17) is 16.3 Å². The van der Waals surface area contributed by atoms with Crippen molar-refractivity contribution in [1.29, 1.82) is 0 Å². The third-order valence-corrected chi connectivity index (χ3v) is 8.59. The zero-order valence-corrected chi connectivity index (χ0v) is 25.5. The summed E-state index contributed by atoms with van der Waals surface area (Å²) >= 11 is 5.97. The first-order chi connectivity index (χ1) is 19.9. The third kappa shape index (κ3) is 7.38. The standard InChI is InChI=1S/C33H33ClN2O5S/c1-5-41-29-17-15-28(16-18-29)36(42(39,40)30-19-13-26(34)14-20-30)22-31(37)35-27-8-6-7-24(21-27)32(38)23-9-11-25(12-10-23)33(2,3)4/h6-21H,5,22H2,1-4H3,(H,35,37). The summed E-state index contributed by atoms with van der Waals surface area (Å²) in [7, 11) is -4.14. The summed E-state index contributed by atoms with van der Waals surface area (Å²) < 4.78 is 33.8. The molecule has 0 saturated carbocycles. The van der Waals surface area contributed by atoms with Crippen LogP contribution in [-0.2, 0) is 20.2 Å². The maximum Gasteiger partial charge on any atom is 0.264 e. The molecule has 7 nitrogen and oxygen atoms in total. The Kier molecular flexibility index (Phi) is 9.39. The maximum absolute atomic E-state index is 13.7. The second kappa shape index (κ2) is 12.8. The van der Waals surface area contributed by atoms with E-state index in [0.717, 1.165) is 9.87 Å². The molecule has 218 valence electrons. The molecule has 4 aromatic carbocycles. The van der Waals surface area contributed by atoms with E-state index in [1.807, 2.05) is 19.1 Å². The van der Waals surface area contributed by atoms with Crippen molar-refractivity contribution in [2.24, 2.45) is 0 Å². The quantitative estimate of drug-likeness (QED) is 0.195. The smallest absolute Gasteiger partial charge is 0.264 e. The number of amides is 1.